The van der Waals surface area contributed by atoms with E-state index in [-0.39, 0.29) is 6.03 Å². The molecule has 2 amide bonds. The second kappa shape index (κ2) is 8.81. The quantitative estimate of drug-likeness (QED) is 0.564. The van der Waals surface area contributed by atoms with Crippen LogP contribution in [0, 0.1) is 0 Å². The van der Waals surface area contributed by atoms with Crippen molar-refractivity contribution in [2.24, 2.45) is 0 Å². The Kier molecular flexibility index (Phi) is 5.95. The lowest BCUT2D eigenvalue weighted by atomic mass is 9.94. The molecule has 0 aliphatic carbocycles. The molecule has 1 aliphatic heterocycles. The molecule has 2 aromatic carbocycles. The van der Waals surface area contributed by atoms with Crippen molar-refractivity contribution in [3.63, 3.8) is 0 Å². The van der Waals surface area contributed by atoms with E-state index in [0.717, 1.165) is 28.1 Å². The SMILES string of the molecule is CCOc1ccc(-c2noc(C3=C(C)N(CC)C(=O)NC3c3cccc(Cl)c3)n2)cc1. The van der Waals surface area contributed by atoms with Gasteiger partial charge in [-0.25, -0.2) is 4.79 Å². The van der Waals surface area contributed by atoms with Crippen molar-refractivity contribution in [3.05, 3.63) is 70.7 Å². The molecule has 0 saturated carbocycles. The van der Waals surface area contributed by atoms with Gasteiger partial charge in [-0.1, -0.05) is 28.9 Å². The maximum absolute atomic E-state index is 12.7. The summed E-state index contributed by atoms with van der Waals surface area (Å²) in [5.74, 6) is 1.59. The molecule has 0 spiro atoms. The Labute approximate surface area is 185 Å². The molecule has 0 fully saturated rings. The van der Waals surface area contributed by atoms with Crippen LogP contribution < -0.4 is 10.1 Å². The zero-order valence-electron chi connectivity index (χ0n) is 17.6. The fourth-order valence-corrected chi connectivity index (χ4v) is 3.89. The van der Waals surface area contributed by atoms with Crippen LogP contribution in [0.5, 0.6) is 5.75 Å². The average Bonchev–Trinajstić information content (AvgIpc) is 3.24. The van der Waals surface area contributed by atoms with Gasteiger partial charge in [-0.3, -0.25) is 4.90 Å². The Bertz CT molecular complexity index is 1120. The summed E-state index contributed by atoms with van der Waals surface area (Å²) in [6.45, 7) is 6.86. The van der Waals surface area contributed by atoms with Crippen molar-refractivity contribution in [3.8, 4) is 17.1 Å². The first-order valence-electron chi connectivity index (χ1n) is 10.1. The number of ether oxygens (including phenoxy) is 1. The molecule has 7 nitrogen and oxygen atoms in total. The van der Waals surface area contributed by atoms with Crippen LogP contribution in [-0.4, -0.2) is 34.2 Å². The van der Waals surface area contributed by atoms with E-state index in [1.165, 1.54) is 0 Å². The van der Waals surface area contributed by atoms with E-state index in [4.69, 9.17) is 20.9 Å². The molecular weight excluding hydrogens is 416 g/mol. The molecule has 0 radical (unpaired) electrons. The van der Waals surface area contributed by atoms with Crippen LogP contribution in [-0.2, 0) is 0 Å². The van der Waals surface area contributed by atoms with Gasteiger partial charge >= 0.3 is 6.03 Å². The van der Waals surface area contributed by atoms with Gasteiger partial charge in [0.15, 0.2) is 0 Å². The van der Waals surface area contributed by atoms with Gasteiger partial charge in [-0.05, 0) is 62.7 Å². The fraction of sp³-hybridized carbons (Fsp3) is 0.261. The van der Waals surface area contributed by atoms with Crippen LogP contribution in [0.1, 0.15) is 38.3 Å². The molecule has 0 saturated heterocycles. The molecule has 1 unspecified atom stereocenters. The van der Waals surface area contributed by atoms with Gasteiger partial charge in [0.25, 0.3) is 5.89 Å². The zero-order chi connectivity index (χ0) is 22.0. The highest BCUT2D eigenvalue weighted by Gasteiger charge is 2.35. The van der Waals surface area contributed by atoms with Gasteiger partial charge in [0.2, 0.25) is 5.82 Å². The minimum Gasteiger partial charge on any atom is -0.494 e. The first kappa shape index (κ1) is 20.9. The highest BCUT2D eigenvalue weighted by Crippen LogP contribution is 2.37. The second-order valence-electron chi connectivity index (χ2n) is 7.06. The number of carbonyl (C=O) groups is 1. The molecule has 8 heteroatoms. The standard InChI is InChI=1S/C23H23ClN4O3/c1-4-28-14(3)19(20(25-23(28)29)16-7-6-8-17(24)13-16)22-26-21(27-31-22)15-9-11-18(12-10-15)30-5-2/h6-13,20H,4-5H2,1-3H3,(H,25,29). The largest absolute Gasteiger partial charge is 0.494 e. The van der Waals surface area contributed by atoms with Crippen molar-refractivity contribution in [2.75, 3.05) is 13.2 Å². The zero-order valence-corrected chi connectivity index (χ0v) is 18.3. The molecule has 1 aromatic heterocycles. The van der Waals surface area contributed by atoms with Gasteiger partial charge in [-0.2, -0.15) is 4.98 Å². The lowest BCUT2D eigenvalue weighted by Gasteiger charge is -2.34. The lowest BCUT2D eigenvalue weighted by molar-refractivity contribution is 0.207. The predicted molar refractivity (Wildman–Crippen MR) is 119 cm³/mol. The third-order valence-electron chi connectivity index (χ3n) is 5.17. The van der Waals surface area contributed by atoms with Gasteiger partial charge in [-0.15, -0.1) is 0 Å². The Morgan fingerprint density at radius 3 is 2.65 bits per heavy atom. The molecule has 1 atom stereocenters. The van der Waals surface area contributed by atoms with Crippen molar-refractivity contribution in [1.82, 2.24) is 20.4 Å². The van der Waals surface area contributed by atoms with Crippen molar-refractivity contribution >= 4 is 23.2 Å². The molecule has 2 heterocycles. The highest BCUT2D eigenvalue weighted by molar-refractivity contribution is 6.30. The molecule has 31 heavy (non-hydrogen) atoms. The number of hydrogen-bond acceptors (Lipinski definition) is 5. The number of carbonyl (C=O) groups excluding carboxylic acids is 1. The van der Waals surface area contributed by atoms with E-state index in [0.29, 0.717) is 29.9 Å². The van der Waals surface area contributed by atoms with Gasteiger partial charge in [0.1, 0.15) is 5.75 Å². The number of benzene rings is 2. The normalized spacial score (nSPS) is 16.5. The van der Waals surface area contributed by atoms with E-state index >= 15 is 0 Å². The number of amides is 2. The molecule has 4 rings (SSSR count). The Morgan fingerprint density at radius 1 is 1.19 bits per heavy atom. The molecule has 1 aliphatic rings. The molecule has 0 bridgehead atoms. The number of urea groups is 1. The second-order valence-corrected chi connectivity index (χ2v) is 7.50. The number of hydrogen-bond donors (Lipinski definition) is 1. The number of nitrogens with zero attached hydrogens (tertiary/aromatic N) is 3. The first-order chi connectivity index (χ1) is 15.0. The van der Waals surface area contributed by atoms with Crippen LogP contribution >= 0.6 is 11.6 Å². The van der Waals surface area contributed by atoms with Gasteiger partial charge in [0, 0.05) is 22.8 Å². The third-order valence-corrected chi connectivity index (χ3v) is 5.41. The molecule has 1 N–H and O–H groups in total. The maximum atomic E-state index is 12.7. The summed E-state index contributed by atoms with van der Waals surface area (Å²) in [5.41, 5.74) is 3.15. The van der Waals surface area contributed by atoms with Crippen molar-refractivity contribution < 1.29 is 14.1 Å². The summed E-state index contributed by atoms with van der Waals surface area (Å²) in [5, 5.41) is 7.79. The van der Waals surface area contributed by atoms with Crippen LogP contribution in [0.2, 0.25) is 5.02 Å². The third kappa shape index (κ3) is 4.14. The van der Waals surface area contributed by atoms with Crippen LogP contribution in [0.15, 0.2) is 58.8 Å². The monoisotopic (exact) mass is 438 g/mol. The lowest BCUT2D eigenvalue weighted by Crippen LogP contribution is -2.45. The van der Waals surface area contributed by atoms with E-state index in [9.17, 15) is 4.79 Å². The average molecular weight is 439 g/mol. The summed E-state index contributed by atoms with van der Waals surface area (Å²) in [6.07, 6.45) is 0. The number of aromatic nitrogens is 2. The van der Waals surface area contributed by atoms with Gasteiger partial charge in [0.05, 0.1) is 18.2 Å². The Morgan fingerprint density at radius 2 is 1.97 bits per heavy atom. The van der Waals surface area contributed by atoms with Crippen molar-refractivity contribution in [2.45, 2.75) is 26.8 Å². The number of halogens is 1. The summed E-state index contributed by atoms with van der Waals surface area (Å²) < 4.78 is 11.1. The van der Waals surface area contributed by atoms with E-state index in [2.05, 4.69) is 15.5 Å². The van der Waals surface area contributed by atoms with Crippen LogP contribution in [0.25, 0.3) is 17.0 Å². The smallest absolute Gasteiger partial charge is 0.322 e. The summed E-state index contributed by atoms with van der Waals surface area (Å²) in [7, 11) is 0. The summed E-state index contributed by atoms with van der Waals surface area (Å²) in [4.78, 5) is 18.9. The first-order valence-corrected chi connectivity index (χ1v) is 10.5. The number of nitrogens with one attached hydrogen (secondary N) is 1. The summed E-state index contributed by atoms with van der Waals surface area (Å²) >= 11 is 6.21. The van der Waals surface area contributed by atoms with E-state index in [1.54, 1.807) is 11.0 Å². The highest BCUT2D eigenvalue weighted by atomic mass is 35.5. The fourth-order valence-electron chi connectivity index (χ4n) is 3.69. The Balaban J connectivity index is 1.75. The number of allylic oxidation sites excluding steroid dienone is 1. The minimum atomic E-state index is -0.456. The van der Waals surface area contributed by atoms with E-state index in [1.807, 2.05) is 63.2 Å². The number of rotatable bonds is 6. The molecule has 160 valence electrons. The van der Waals surface area contributed by atoms with Gasteiger partial charge < -0.3 is 14.6 Å². The minimum absolute atomic E-state index is 0.181. The summed E-state index contributed by atoms with van der Waals surface area (Å²) in [6, 6.07) is 14.3. The predicted octanol–water partition coefficient (Wildman–Crippen LogP) is 5.31. The van der Waals surface area contributed by atoms with Crippen LogP contribution in [0.4, 0.5) is 4.79 Å². The molecule has 3 aromatic rings. The van der Waals surface area contributed by atoms with Crippen LogP contribution in [0.3, 0.4) is 0 Å². The molecular formula is C23H23ClN4O3. The van der Waals surface area contributed by atoms with E-state index < -0.39 is 6.04 Å². The Hall–Kier alpha value is -3.32. The van der Waals surface area contributed by atoms with Crippen molar-refractivity contribution in [1.29, 1.82) is 0 Å². The topological polar surface area (TPSA) is 80.5 Å². The maximum Gasteiger partial charge on any atom is 0.322 e.